The highest BCUT2D eigenvalue weighted by atomic mass is 14.9. The fraction of sp³-hybridized carbons (Fsp3) is 1.00. The van der Waals surface area contributed by atoms with E-state index in [1.807, 2.05) is 0 Å². The van der Waals surface area contributed by atoms with Gasteiger partial charge in [0.1, 0.15) is 0 Å². The molecule has 0 aliphatic heterocycles. The van der Waals surface area contributed by atoms with Crippen LogP contribution in [0.15, 0.2) is 0 Å². The van der Waals surface area contributed by atoms with Gasteiger partial charge in [0.2, 0.25) is 0 Å². The summed E-state index contributed by atoms with van der Waals surface area (Å²) < 4.78 is 0. The Labute approximate surface area is 96.0 Å². The van der Waals surface area contributed by atoms with E-state index >= 15 is 0 Å². The predicted molar refractivity (Wildman–Crippen MR) is 68.1 cm³/mol. The molecule has 1 aliphatic carbocycles. The molecule has 0 amide bonds. The Bertz CT molecular complexity index is 164. The van der Waals surface area contributed by atoms with Crippen LogP contribution in [0.25, 0.3) is 0 Å². The van der Waals surface area contributed by atoms with E-state index in [1.54, 1.807) is 0 Å². The first-order valence-corrected chi connectivity index (χ1v) is 6.76. The van der Waals surface area contributed by atoms with Crippen molar-refractivity contribution in [2.45, 2.75) is 71.8 Å². The average Bonchev–Trinajstić information content (AvgIpc) is 2.21. The molecule has 0 spiro atoms. The summed E-state index contributed by atoms with van der Waals surface area (Å²) in [5.74, 6) is 0.939. The van der Waals surface area contributed by atoms with Crippen molar-refractivity contribution in [3.8, 4) is 0 Å². The first-order valence-electron chi connectivity index (χ1n) is 6.76. The molecule has 0 aromatic heterocycles. The van der Waals surface area contributed by atoms with Crippen LogP contribution in [0.2, 0.25) is 0 Å². The molecule has 1 saturated carbocycles. The molecule has 0 aromatic rings. The quantitative estimate of drug-likeness (QED) is 0.725. The summed E-state index contributed by atoms with van der Waals surface area (Å²) in [5, 5.41) is 3.53. The molecule has 1 aliphatic rings. The summed E-state index contributed by atoms with van der Waals surface area (Å²) in [6, 6.07) is 0.779. The molecule has 1 fully saturated rings. The van der Waals surface area contributed by atoms with Gasteiger partial charge in [-0.05, 0) is 50.5 Å². The van der Waals surface area contributed by atoms with Crippen molar-refractivity contribution in [1.29, 1.82) is 0 Å². The zero-order valence-electron chi connectivity index (χ0n) is 11.1. The third-order valence-corrected chi connectivity index (χ3v) is 4.19. The van der Waals surface area contributed by atoms with Crippen LogP contribution in [-0.4, -0.2) is 13.1 Å². The fourth-order valence-electron chi connectivity index (χ4n) is 2.86. The summed E-state index contributed by atoms with van der Waals surface area (Å²) >= 11 is 0. The fourth-order valence-corrected chi connectivity index (χ4v) is 2.86. The number of rotatable bonds is 5. The topological polar surface area (TPSA) is 12.0 Å². The molecule has 1 nitrogen and oxygen atoms in total. The van der Waals surface area contributed by atoms with Crippen LogP contribution in [0.5, 0.6) is 0 Å². The van der Waals surface area contributed by atoms with Crippen LogP contribution in [-0.2, 0) is 0 Å². The number of unbranched alkanes of at least 4 members (excludes halogenated alkanes) is 1. The highest BCUT2D eigenvalue weighted by molar-refractivity contribution is 4.84. The van der Waals surface area contributed by atoms with Crippen LogP contribution >= 0.6 is 0 Å². The van der Waals surface area contributed by atoms with Crippen LogP contribution in [0.3, 0.4) is 0 Å². The Morgan fingerprint density at radius 2 is 1.87 bits per heavy atom. The van der Waals surface area contributed by atoms with Gasteiger partial charge in [-0.15, -0.1) is 0 Å². The Morgan fingerprint density at radius 3 is 2.33 bits per heavy atom. The lowest BCUT2D eigenvalue weighted by Gasteiger charge is -2.38. The zero-order chi connectivity index (χ0) is 11.3. The van der Waals surface area contributed by atoms with E-state index in [1.165, 1.54) is 44.9 Å². The van der Waals surface area contributed by atoms with Crippen LogP contribution < -0.4 is 5.32 Å². The van der Waals surface area contributed by atoms with Gasteiger partial charge in [0.15, 0.2) is 0 Å². The van der Waals surface area contributed by atoms with Gasteiger partial charge in [-0.3, -0.25) is 0 Å². The average molecular weight is 211 g/mol. The molecule has 1 rings (SSSR count). The Hall–Kier alpha value is -0.0400. The maximum Gasteiger partial charge on any atom is 0.00923 e. The maximum absolute atomic E-state index is 3.53. The van der Waals surface area contributed by atoms with Gasteiger partial charge in [-0.2, -0.15) is 0 Å². The van der Waals surface area contributed by atoms with Crippen LogP contribution in [0.4, 0.5) is 0 Å². The maximum atomic E-state index is 3.53. The SMILES string of the molecule is CCCCC(NC)C1CCC(C)(C)CC1. The monoisotopic (exact) mass is 211 g/mol. The van der Waals surface area contributed by atoms with Crippen molar-refractivity contribution >= 4 is 0 Å². The van der Waals surface area contributed by atoms with E-state index in [9.17, 15) is 0 Å². The Balaban J connectivity index is 2.35. The minimum absolute atomic E-state index is 0.611. The van der Waals surface area contributed by atoms with Gasteiger partial charge < -0.3 is 5.32 Å². The van der Waals surface area contributed by atoms with Crippen molar-refractivity contribution in [2.75, 3.05) is 7.05 Å². The van der Waals surface area contributed by atoms with Gasteiger partial charge in [-0.1, -0.05) is 33.6 Å². The molecule has 15 heavy (non-hydrogen) atoms. The molecule has 0 heterocycles. The number of nitrogens with one attached hydrogen (secondary N) is 1. The van der Waals surface area contributed by atoms with Gasteiger partial charge in [0, 0.05) is 6.04 Å². The third kappa shape index (κ3) is 4.14. The van der Waals surface area contributed by atoms with Crippen molar-refractivity contribution in [3.05, 3.63) is 0 Å². The van der Waals surface area contributed by atoms with E-state index in [2.05, 4.69) is 33.1 Å². The highest BCUT2D eigenvalue weighted by Crippen LogP contribution is 2.39. The molecule has 90 valence electrons. The standard InChI is InChI=1S/C14H29N/c1-5-6-7-13(15-4)12-8-10-14(2,3)11-9-12/h12-13,15H,5-11H2,1-4H3. The Kier molecular flexibility index (Phi) is 5.11. The van der Waals surface area contributed by atoms with Crippen LogP contribution in [0.1, 0.15) is 65.7 Å². The van der Waals surface area contributed by atoms with Gasteiger partial charge in [-0.25, -0.2) is 0 Å². The van der Waals surface area contributed by atoms with Crippen molar-refractivity contribution in [1.82, 2.24) is 5.32 Å². The second-order valence-corrected chi connectivity index (χ2v) is 6.04. The third-order valence-electron chi connectivity index (χ3n) is 4.19. The highest BCUT2D eigenvalue weighted by Gasteiger charge is 2.30. The van der Waals surface area contributed by atoms with Gasteiger partial charge >= 0.3 is 0 Å². The second kappa shape index (κ2) is 5.89. The number of hydrogen-bond acceptors (Lipinski definition) is 1. The molecular weight excluding hydrogens is 182 g/mol. The van der Waals surface area contributed by atoms with E-state index in [0.717, 1.165) is 12.0 Å². The van der Waals surface area contributed by atoms with Crippen molar-refractivity contribution in [3.63, 3.8) is 0 Å². The molecule has 0 radical (unpaired) electrons. The lowest BCUT2D eigenvalue weighted by Crippen LogP contribution is -2.37. The molecular formula is C14H29N. The van der Waals surface area contributed by atoms with Crippen molar-refractivity contribution in [2.24, 2.45) is 11.3 Å². The second-order valence-electron chi connectivity index (χ2n) is 6.04. The number of hydrogen-bond donors (Lipinski definition) is 1. The van der Waals surface area contributed by atoms with E-state index in [-0.39, 0.29) is 0 Å². The lowest BCUT2D eigenvalue weighted by atomic mass is 9.70. The minimum Gasteiger partial charge on any atom is -0.317 e. The molecule has 0 aromatic carbocycles. The first-order chi connectivity index (χ1) is 7.09. The van der Waals surface area contributed by atoms with E-state index in [4.69, 9.17) is 0 Å². The molecule has 0 saturated heterocycles. The normalized spacial score (nSPS) is 24.0. The van der Waals surface area contributed by atoms with Crippen molar-refractivity contribution < 1.29 is 0 Å². The lowest BCUT2D eigenvalue weighted by molar-refractivity contribution is 0.159. The van der Waals surface area contributed by atoms with Gasteiger partial charge in [0.05, 0.1) is 0 Å². The minimum atomic E-state index is 0.611. The van der Waals surface area contributed by atoms with Gasteiger partial charge in [0.25, 0.3) is 0 Å². The molecule has 1 unspecified atom stereocenters. The predicted octanol–water partition coefficient (Wildman–Crippen LogP) is 3.98. The molecule has 1 N–H and O–H groups in total. The largest absolute Gasteiger partial charge is 0.317 e. The summed E-state index contributed by atoms with van der Waals surface area (Å²) in [5.41, 5.74) is 0.611. The summed E-state index contributed by atoms with van der Waals surface area (Å²) in [6.07, 6.45) is 9.79. The van der Waals surface area contributed by atoms with Crippen LogP contribution in [0, 0.1) is 11.3 Å². The summed E-state index contributed by atoms with van der Waals surface area (Å²) in [7, 11) is 2.14. The molecule has 0 bridgehead atoms. The molecule has 1 heteroatoms. The molecule has 1 atom stereocenters. The smallest absolute Gasteiger partial charge is 0.00923 e. The summed E-state index contributed by atoms with van der Waals surface area (Å²) in [4.78, 5) is 0. The Morgan fingerprint density at radius 1 is 1.27 bits per heavy atom. The van der Waals surface area contributed by atoms with E-state index in [0.29, 0.717) is 5.41 Å². The van der Waals surface area contributed by atoms with E-state index < -0.39 is 0 Å². The summed E-state index contributed by atoms with van der Waals surface area (Å²) in [6.45, 7) is 7.13. The first kappa shape index (κ1) is 13.0. The zero-order valence-corrected chi connectivity index (χ0v) is 11.1.